The molecule has 4 nitrogen and oxygen atoms in total. The van der Waals surface area contributed by atoms with Crippen molar-refractivity contribution in [1.29, 1.82) is 0 Å². The van der Waals surface area contributed by atoms with Gasteiger partial charge in [0.1, 0.15) is 0 Å². The summed E-state index contributed by atoms with van der Waals surface area (Å²) in [6.45, 7) is 6.35. The van der Waals surface area contributed by atoms with Gasteiger partial charge in [0.25, 0.3) is 11.8 Å². The number of amides is 2. The van der Waals surface area contributed by atoms with Gasteiger partial charge in [-0.1, -0.05) is 75.4 Å². The van der Waals surface area contributed by atoms with Gasteiger partial charge >= 0.3 is 0 Å². The van der Waals surface area contributed by atoms with E-state index >= 15 is 0 Å². The van der Waals surface area contributed by atoms with E-state index in [0.717, 1.165) is 21.9 Å². The number of hydrogen-bond donors (Lipinski definition) is 2. The lowest BCUT2D eigenvalue weighted by Gasteiger charge is -2.19. The van der Waals surface area contributed by atoms with Crippen LogP contribution in [0.5, 0.6) is 0 Å². The molecule has 142 valence electrons. The van der Waals surface area contributed by atoms with E-state index in [1.165, 1.54) is 6.08 Å². The molecule has 0 atom stereocenters. The van der Waals surface area contributed by atoms with Gasteiger partial charge in [-0.2, -0.15) is 0 Å². The van der Waals surface area contributed by atoms with Crippen LogP contribution in [0.15, 0.2) is 72.8 Å². The lowest BCUT2D eigenvalue weighted by Crippen LogP contribution is -2.40. The molecule has 0 aliphatic carbocycles. The molecule has 3 aromatic carbocycles. The lowest BCUT2D eigenvalue weighted by atomic mass is 9.87. The monoisotopic (exact) mass is 372 g/mol. The topological polar surface area (TPSA) is 58.2 Å². The van der Waals surface area contributed by atoms with Crippen LogP contribution in [0.1, 0.15) is 42.3 Å². The average Bonchev–Trinajstić information content (AvgIpc) is 2.69. The fraction of sp³-hybridized carbons (Fsp3) is 0.167. The third-order valence-electron chi connectivity index (χ3n) is 4.55. The Morgan fingerprint density at radius 2 is 1.50 bits per heavy atom. The first-order valence-corrected chi connectivity index (χ1v) is 9.21. The molecule has 0 saturated carbocycles. The highest BCUT2D eigenvalue weighted by molar-refractivity contribution is 5.99. The summed E-state index contributed by atoms with van der Waals surface area (Å²) in [5.41, 5.74) is 7.46. The normalized spacial score (nSPS) is 11.5. The summed E-state index contributed by atoms with van der Waals surface area (Å²) in [4.78, 5) is 24.3. The van der Waals surface area contributed by atoms with Crippen LogP contribution in [0, 0.1) is 0 Å². The van der Waals surface area contributed by atoms with Crippen LogP contribution in [0.2, 0.25) is 0 Å². The highest BCUT2D eigenvalue weighted by Crippen LogP contribution is 2.22. The Morgan fingerprint density at radius 3 is 2.21 bits per heavy atom. The Labute approximate surface area is 165 Å². The van der Waals surface area contributed by atoms with Crippen molar-refractivity contribution in [3.63, 3.8) is 0 Å². The quantitative estimate of drug-likeness (QED) is 0.521. The van der Waals surface area contributed by atoms with E-state index in [-0.39, 0.29) is 11.3 Å². The second kappa shape index (κ2) is 8.09. The minimum atomic E-state index is -0.396. The Kier molecular flexibility index (Phi) is 5.59. The number of carbonyl (C=O) groups is 2. The maximum absolute atomic E-state index is 12.2. The van der Waals surface area contributed by atoms with Crippen LogP contribution in [-0.2, 0) is 10.2 Å². The molecule has 2 N–H and O–H groups in total. The molecule has 3 aromatic rings. The third kappa shape index (κ3) is 4.65. The van der Waals surface area contributed by atoms with Crippen molar-refractivity contribution >= 4 is 28.7 Å². The summed E-state index contributed by atoms with van der Waals surface area (Å²) < 4.78 is 0. The lowest BCUT2D eigenvalue weighted by molar-refractivity contribution is -0.117. The van der Waals surface area contributed by atoms with Crippen molar-refractivity contribution in [2.24, 2.45) is 0 Å². The molecule has 3 rings (SSSR count). The second-order valence-corrected chi connectivity index (χ2v) is 7.67. The Balaban J connectivity index is 1.60. The molecule has 0 saturated heterocycles. The molecule has 0 radical (unpaired) electrons. The zero-order valence-electron chi connectivity index (χ0n) is 16.3. The molecule has 0 aliphatic rings. The zero-order chi connectivity index (χ0) is 20.1. The number of hydrazine groups is 1. The van der Waals surface area contributed by atoms with E-state index in [2.05, 4.69) is 31.6 Å². The predicted octanol–water partition coefficient (Wildman–Crippen LogP) is 4.61. The average molecular weight is 372 g/mol. The number of hydrogen-bond acceptors (Lipinski definition) is 2. The summed E-state index contributed by atoms with van der Waals surface area (Å²) in [6.07, 6.45) is 3.15. The van der Waals surface area contributed by atoms with Crippen LogP contribution >= 0.6 is 0 Å². The molecular formula is C24H24N2O2. The van der Waals surface area contributed by atoms with Crippen LogP contribution in [0.3, 0.4) is 0 Å². The molecule has 4 heteroatoms. The first kappa shape index (κ1) is 19.4. The van der Waals surface area contributed by atoms with Gasteiger partial charge in [0.15, 0.2) is 0 Å². The van der Waals surface area contributed by atoms with Gasteiger partial charge in [0, 0.05) is 11.6 Å². The maximum atomic E-state index is 12.2. The number of carbonyl (C=O) groups excluding carboxylic acids is 2. The minimum Gasteiger partial charge on any atom is -0.268 e. The molecular weight excluding hydrogens is 348 g/mol. The number of nitrogens with one attached hydrogen (secondary N) is 2. The van der Waals surface area contributed by atoms with Gasteiger partial charge in [-0.3, -0.25) is 20.4 Å². The molecule has 2 amide bonds. The molecule has 0 fully saturated rings. The number of fused-ring (bicyclic) bond motifs is 1. The van der Waals surface area contributed by atoms with Crippen molar-refractivity contribution in [3.8, 4) is 0 Å². The zero-order valence-corrected chi connectivity index (χ0v) is 16.3. The molecule has 0 spiro atoms. The number of rotatable bonds is 3. The summed E-state index contributed by atoms with van der Waals surface area (Å²) in [5.74, 6) is -0.750. The predicted molar refractivity (Wildman–Crippen MR) is 114 cm³/mol. The van der Waals surface area contributed by atoms with Crippen LogP contribution < -0.4 is 10.9 Å². The summed E-state index contributed by atoms with van der Waals surface area (Å²) in [6, 6.07) is 21.3. The number of benzene rings is 3. The SMILES string of the molecule is CC(C)(C)c1ccc(C(=O)NNC(=O)C=Cc2cccc3ccccc23)cc1. The Morgan fingerprint density at radius 1 is 0.821 bits per heavy atom. The fourth-order valence-corrected chi connectivity index (χ4v) is 2.92. The highest BCUT2D eigenvalue weighted by Gasteiger charge is 2.14. The first-order chi connectivity index (χ1) is 13.3. The molecule has 0 aliphatic heterocycles. The Hall–Kier alpha value is -3.40. The summed E-state index contributed by atoms with van der Waals surface area (Å²) in [5, 5.41) is 2.18. The van der Waals surface area contributed by atoms with Gasteiger partial charge in [0.2, 0.25) is 0 Å². The third-order valence-corrected chi connectivity index (χ3v) is 4.55. The molecule has 28 heavy (non-hydrogen) atoms. The van der Waals surface area contributed by atoms with Gasteiger partial charge in [-0.05, 0) is 45.5 Å². The highest BCUT2D eigenvalue weighted by atomic mass is 16.2. The van der Waals surface area contributed by atoms with Gasteiger partial charge in [-0.15, -0.1) is 0 Å². The summed E-state index contributed by atoms with van der Waals surface area (Å²) in [7, 11) is 0. The second-order valence-electron chi connectivity index (χ2n) is 7.67. The minimum absolute atomic E-state index is 0.0234. The van der Waals surface area contributed by atoms with Gasteiger partial charge in [-0.25, -0.2) is 0 Å². The first-order valence-electron chi connectivity index (χ1n) is 9.21. The van der Waals surface area contributed by atoms with E-state index in [9.17, 15) is 9.59 Å². The molecule has 0 aromatic heterocycles. The van der Waals surface area contributed by atoms with E-state index in [0.29, 0.717) is 5.56 Å². The van der Waals surface area contributed by atoms with Crippen LogP contribution in [-0.4, -0.2) is 11.8 Å². The van der Waals surface area contributed by atoms with E-state index < -0.39 is 5.91 Å². The van der Waals surface area contributed by atoms with Crippen molar-refractivity contribution in [2.75, 3.05) is 0 Å². The molecule has 0 unspecified atom stereocenters. The van der Waals surface area contributed by atoms with Crippen molar-refractivity contribution in [1.82, 2.24) is 10.9 Å². The summed E-state index contributed by atoms with van der Waals surface area (Å²) >= 11 is 0. The molecule has 0 heterocycles. The van der Waals surface area contributed by atoms with Crippen LogP contribution in [0.4, 0.5) is 0 Å². The van der Waals surface area contributed by atoms with Gasteiger partial charge < -0.3 is 0 Å². The van der Waals surface area contributed by atoms with E-state index in [1.54, 1.807) is 18.2 Å². The van der Waals surface area contributed by atoms with E-state index in [4.69, 9.17) is 0 Å². The van der Waals surface area contributed by atoms with E-state index in [1.807, 2.05) is 54.6 Å². The largest absolute Gasteiger partial charge is 0.269 e. The van der Waals surface area contributed by atoms with Crippen LogP contribution in [0.25, 0.3) is 16.8 Å². The van der Waals surface area contributed by atoms with Crippen molar-refractivity contribution in [3.05, 3.63) is 89.5 Å². The standard InChI is InChI=1S/C24H24N2O2/c1-24(2,3)20-14-11-19(12-15-20)23(28)26-25-22(27)16-13-18-9-6-8-17-7-4-5-10-21(17)18/h4-16H,1-3H3,(H,25,27)(H,26,28). The molecule has 0 bridgehead atoms. The smallest absolute Gasteiger partial charge is 0.268 e. The van der Waals surface area contributed by atoms with Gasteiger partial charge in [0.05, 0.1) is 0 Å². The Bertz CT molecular complexity index is 1020. The van der Waals surface area contributed by atoms with Crippen molar-refractivity contribution < 1.29 is 9.59 Å². The van der Waals surface area contributed by atoms with Crippen molar-refractivity contribution in [2.45, 2.75) is 26.2 Å². The maximum Gasteiger partial charge on any atom is 0.269 e. The fourth-order valence-electron chi connectivity index (χ4n) is 2.92.